The standard InChI is InChI=1S/C11H18N2OS.ClH/c1-9(12)4-5-11(14)13-7-6-10-3-2-8-15-10;/h2-3,8-9H,4-7,12H2,1H3,(H,13,14);1H. The average Bonchev–Trinajstić information content (AvgIpc) is 2.67. The van der Waals surface area contributed by atoms with Crippen LogP contribution < -0.4 is 11.1 Å². The predicted molar refractivity (Wildman–Crippen MR) is 71.2 cm³/mol. The molecule has 0 bridgehead atoms. The largest absolute Gasteiger partial charge is 0.356 e. The van der Waals surface area contributed by atoms with Gasteiger partial charge in [0.15, 0.2) is 0 Å². The number of nitrogens with two attached hydrogens (primary N) is 1. The topological polar surface area (TPSA) is 55.1 Å². The van der Waals surface area contributed by atoms with Gasteiger partial charge in [0.2, 0.25) is 5.91 Å². The molecule has 0 radical (unpaired) electrons. The van der Waals surface area contributed by atoms with E-state index in [-0.39, 0.29) is 24.4 Å². The van der Waals surface area contributed by atoms with Gasteiger partial charge in [0.25, 0.3) is 0 Å². The molecule has 0 saturated heterocycles. The molecule has 0 spiro atoms. The molecular weight excluding hydrogens is 244 g/mol. The molecule has 0 aliphatic rings. The summed E-state index contributed by atoms with van der Waals surface area (Å²) < 4.78 is 0. The zero-order valence-corrected chi connectivity index (χ0v) is 11.1. The van der Waals surface area contributed by atoms with Gasteiger partial charge in [-0.05, 0) is 31.2 Å². The van der Waals surface area contributed by atoms with Gasteiger partial charge in [-0.15, -0.1) is 23.7 Å². The molecule has 0 saturated carbocycles. The highest BCUT2D eigenvalue weighted by molar-refractivity contribution is 7.09. The van der Waals surface area contributed by atoms with E-state index in [0.29, 0.717) is 6.42 Å². The van der Waals surface area contributed by atoms with Crippen molar-refractivity contribution in [1.82, 2.24) is 5.32 Å². The second-order valence-corrected chi connectivity index (χ2v) is 4.73. The van der Waals surface area contributed by atoms with E-state index >= 15 is 0 Å². The molecule has 0 aromatic carbocycles. The number of thiophene rings is 1. The van der Waals surface area contributed by atoms with Crippen LogP contribution in [0.5, 0.6) is 0 Å². The fourth-order valence-electron chi connectivity index (χ4n) is 1.23. The first-order valence-corrected chi connectivity index (χ1v) is 6.11. The van der Waals surface area contributed by atoms with Crippen molar-refractivity contribution in [3.05, 3.63) is 22.4 Å². The SMILES string of the molecule is CC(N)CCC(=O)NCCc1cccs1.Cl. The highest BCUT2D eigenvalue weighted by Gasteiger charge is 2.02. The summed E-state index contributed by atoms with van der Waals surface area (Å²) in [5.41, 5.74) is 5.57. The number of carbonyl (C=O) groups is 1. The van der Waals surface area contributed by atoms with Crippen LogP contribution in [0, 0.1) is 0 Å². The molecule has 16 heavy (non-hydrogen) atoms. The minimum absolute atomic E-state index is 0. The molecular formula is C11H19ClN2OS. The Labute approximate surface area is 107 Å². The van der Waals surface area contributed by atoms with Crippen LogP contribution >= 0.6 is 23.7 Å². The quantitative estimate of drug-likeness (QED) is 0.823. The molecule has 1 aromatic rings. The Morgan fingerprint density at radius 1 is 1.62 bits per heavy atom. The van der Waals surface area contributed by atoms with Crippen LogP contribution in [-0.4, -0.2) is 18.5 Å². The molecule has 0 aliphatic heterocycles. The third-order valence-electron chi connectivity index (χ3n) is 2.10. The first-order chi connectivity index (χ1) is 7.18. The van der Waals surface area contributed by atoms with Crippen LogP contribution in [0.2, 0.25) is 0 Å². The minimum atomic E-state index is 0. The van der Waals surface area contributed by atoms with E-state index in [0.717, 1.165) is 19.4 Å². The Morgan fingerprint density at radius 3 is 2.94 bits per heavy atom. The molecule has 3 nitrogen and oxygen atoms in total. The second-order valence-electron chi connectivity index (χ2n) is 3.70. The fourth-order valence-corrected chi connectivity index (χ4v) is 1.94. The number of nitrogens with one attached hydrogen (secondary N) is 1. The molecule has 1 heterocycles. The molecule has 1 unspecified atom stereocenters. The van der Waals surface area contributed by atoms with Crippen LogP contribution in [0.25, 0.3) is 0 Å². The van der Waals surface area contributed by atoms with Crippen molar-refractivity contribution in [3.8, 4) is 0 Å². The number of amides is 1. The summed E-state index contributed by atoms with van der Waals surface area (Å²) >= 11 is 1.72. The molecule has 1 atom stereocenters. The van der Waals surface area contributed by atoms with Crippen LogP contribution in [0.15, 0.2) is 17.5 Å². The highest BCUT2D eigenvalue weighted by Crippen LogP contribution is 2.08. The van der Waals surface area contributed by atoms with E-state index in [9.17, 15) is 4.79 Å². The summed E-state index contributed by atoms with van der Waals surface area (Å²) in [7, 11) is 0. The van der Waals surface area contributed by atoms with E-state index in [1.165, 1.54) is 4.88 Å². The summed E-state index contributed by atoms with van der Waals surface area (Å²) in [5.74, 6) is 0.101. The maximum Gasteiger partial charge on any atom is 0.220 e. The van der Waals surface area contributed by atoms with Gasteiger partial charge in [-0.2, -0.15) is 0 Å². The summed E-state index contributed by atoms with van der Waals surface area (Å²) in [5, 5.41) is 4.94. The minimum Gasteiger partial charge on any atom is -0.356 e. The van der Waals surface area contributed by atoms with Crippen molar-refractivity contribution >= 4 is 29.7 Å². The number of rotatable bonds is 6. The van der Waals surface area contributed by atoms with Crippen LogP contribution in [0.3, 0.4) is 0 Å². The first-order valence-electron chi connectivity index (χ1n) is 5.23. The Morgan fingerprint density at radius 2 is 2.38 bits per heavy atom. The Balaban J connectivity index is 0.00000225. The maximum atomic E-state index is 11.3. The molecule has 5 heteroatoms. The molecule has 92 valence electrons. The zero-order chi connectivity index (χ0) is 11.1. The third kappa shape index (κ3) is 6.82. The monoisotopic (exact) mass is 262 g/mol. The van der Waals surface area contributed by atoms with Crippen molar-refractivity contribution in [2.24, 2.45) is 5.73 Å². The lowest BCUT2D eigenvalue weighted by Gasteiger charge is -2.05. The van der Waals surface area contributed by atoms with Gasteiger partial charge in [-0.1, -0.05) is 6.07 Å². The van der Waals surface area contributed by atoms with E-state index in [2.05, 4.69) is 11.4 Å². The molecule has 1 rings (SSSR count). The van der Waals surface area contributed by atoms with Crippen LogP contribution in [0.1, 0.15) is 24.6 Å². The number of halogens is 1. The van der Waals surface area contributed by atoms with E-state index in [1.54, 1.807) is 11.3 Å². The van der Waals surface area contributed by atoms with E-state index in [4.69, 9.17) is 5.73 Å². The molecule has 0 fully saturated rings. The summed E-state index contributed by atoms with van der Waals surface area (Å²) in [6.45, 7) is 2.64. The van der Waals surface area contributed by atoms with Gasteiger partial charge in [0.05, 0.1) is 0 Å². The van der Waals surface area contributed by atoms with Crippen molar-refractivity contribution in [2.45, 2.75) is 32.2 Å². The number of hydrogen-bond acceptors (Lipinski definition) is 3. The smallest absolute Gasteiger partial charge is 0.220 e. The Kier molecular flexibility index (Phi) is 8.25. The zero-order valence-electron chi connectivity index (χ0n) is 9.44. The molecule has 0 aliphatic carbocycles. The van der Waals surface area contributed by atoms with Crippen molar-refractivity contribution in [3.63, 3.8) is 0 Å². The fraction of sp³-hybridized carbons (Fsp3) is 0.545. The lowest BCUT2D eigenvalue weighted by atomic mass is 10.2. The van der Waals surface area contributed by atoms with Crippen LogP contribution in [0.4, 0.5) is 0 Å². The average molecular weight is 263 g/mol. The Bertz CT molecular complexity index is 288. The summed E-state index contributed by atoms with van der Waals surface area (Å²) in [6.07, 6.45) is 2.20. The highest BCUT2D eigenvalue weighted by atomic mass is 35.5. The summed E-state index contributed by atoms with van der Waals surface area (Å²) in [6, 6.07) is 4.21. The lowest BCUT2D eigenvalue weighted by Crippen LogP contribution is -2.27. The van der Waals surface area contributed by atoms with Gasteiger partial charge < -0.3 is 11.1 Å². The van der Waals surface area contributed by atoms with Crippen molar-refractivity contribution in [1.29, 1.82) is 0 Å². The van der Waals surface area contributed by atoms with E-state index in [1.807, 2.05) is 18.4 Å². The molecule has 1 amide bonds. The van der Waals surface area contributed by atoms with Gasteiger partial charge in [0.1, 0.15) is 0 Å². The van der Waals surface area contributed by atoms with Gasteiger partial charge in [-0.25, -0.2) is 0 Å². The first kappa shape index (κ1) is 15.4. The van der Waals surface area contributed by atoms with Crippen LogP contribution in [-0.2, 0) is 11.2 Å². The van der Waals surface area contributed by atoms with Gasteiger partial charge in [0, 0.05) is 23.9 Å². The Hall–Kier alpha value is -0.580. The number of carbonyl (C=O) groups excluding carboxylic acids is 1. The van der Waals surface area contributed by atoms with E-state index < -0.39 is 0 Å². The second kappa shape index (κ2) is 8.56. The normalized spacial score (nSPS) is 11.6. The lowest BCUT2D eigenvalue weighted by molar-refractivity contribution is -0.121. The number of hydrogen-bond donors (Lipinski definition) is 2. The molecule has 3 N–H and O–H groups in total. The third-order valence-corrected chi connectivity index (χ3v) is 3.04. The van der Waals surface area contributed by atoms with Crippen molar-refractivity contribution < 1.29 is 4.79 Å². The predicted octanol–water partition coefficient (Wildman–Crippen LogP) is 1.96. The molecule has 1 aromatic heterocycles. The summed E-state index contributed by atoms with van der Waals surface area (Å²) in [4.78, 5) is 12.6. The van der Waals surface area contributed by atoms with Gasteiger partial charge >= 0.3 is 0 Å². The van der Waals surface area contributed by atoms with Gasteiger partial charge in [-0.3, -0.25) is 4.79 Å². The van der Waals surface area contributed by atoms with Crippen molar-refractivity contribution in [2.75, 3.05) is 6.54 Å². The maximum absolute atomic E-state index is 11.3.